The number of ether oxygens (including phenoxy) is 1. The van der Waals surface area contributed by atoms with Gasteiger partial charge in [0, 0.05) is 23.8 Å². The lowest BCUT2D eigenvalue weighted by atomic mass is 10.0. The van der Waals surface area contributed by atoms with Crippen molar-refractivity contribution in [2.45, 2.75) is 37.5 Å². The quantitative estimate of drug-likeness (QED) is 0.890. The van der Waals surface area contributed by atoms with E-state index in [4.69, 9.17) is 4.74 Å². The van der Waals surface area contributed by atoms with Crippen molar-refractivity contribution in [2.75, 3.05) is 7.11 Å². The summed E-state index contributed by atoms with van der Waals surface area (Å²) in [7, 11) is 1.65. The van der Waals surface area contributed by atoms with Gasteiger partial charge in [-0.2, -0.15) is 0 Å². The largest absolute Gasteiger partial charge is 0.497 e. The second-order valence-electron chi connectivity index (χ2n) is 5.98. The van der Waals surface area contributed by atoms with Crippen molar-refractivity contribution in [2.24, 2.45) is 0 Å². The molecule has 1 saturated heterocycles. The van der Waals surface area contributed by atoms with E-state index in [1.54, 1.807) is 7.11 Å². The molecular weight excluding hydrogens is 295 g/mol. The molecule has 1 aliphatic heterocycles. The summed E-state index contributed by atoms with van der Waals surface area (Å²) in [5.41, 5.74) is 1.75. The highest BCUT2D eigenvalue weighted by atomic mass is 19.1. The third-order valence-corrected chi connectivity index (χ3v) is 4.37. The van der Waals surface area contributed by atoms with Crippen LogP contribution in [0.4, 0.5) is 4.39 Å². The topological polar surface area (TPSA) is 54.4 Å². The molecule has 3 rings (SSSR count). The first-order valence-corrected chi connectivity index (χ1v) is 7.83. The fourth-order valence-corrected chi connectivity index (χ4v) is 3.13. The van der Waals surface area contributed by atoms with E-state index in [0.717, 1.165) is 31.2 Å². The Morgan fingerprint density at radius 2 is 2.09 bits per heavy atom. The molecule has 1 fully saturated rings. The first kappa shape index (κ1) is 15.9. The van der Waals surface area contributed by atoms with Crippen LogP contribution in [-0.4, -0.2) is 29.3 Å². The number of methoxy groups -OCH3 is 1. The summed E-state index contributed by atoms with van der Waals surface area (Å²) >= 11 is 0. The average Bonchev–Trinajstić information content (AvgIpc) is 3.03. The van der Waals surface area contributed by atoms with Crippen molar-refractivity contribution in [3.63, 3.8) is 0 Å². The third-order valence-electron chi connectivity index (χ3n) is 4.37. The molecule has 0 bridgehead atoms. The number of halogens is 1. The number of aliphatic hydroxyl groups excluding tert-OH is 1. The van der Waals surface area contributed by atoms with Gasteiger partial charge in [0.15, 0.2) is 0 Å². The Bertz CT molecular complexity index is 648. The van der Waals surface area contributed by atoms with Gasteiger partial charge in [0.2, 0.25) is 0 Å². The minimum Gasteiger partial charge on any atom is -0.497 e. The highest BCUT2D eigenvalue weighted by Gasteiger charge is 2.30. The molecule has 0 saturated carbocycles. The SMILES string of the molecule is COc1ccc(C[C@@H]2CC[C@H]([C@@H](O)c3cncc(F)c3)N2)cc1. The van der Waals surface area contributed by atoms with Crippen molar-refractivity contribution >= 4 is 0 Å². The lowest BCUT2D eigenvalue weighted by Crippen LogP contribution is -2.35. The van der Waals surface area contributed by atoms with E-state index < -0.39 is 11.9 Å². The number of pyridine rings is 1. The van der Waals surface area contributed by atoms with E-state index in [0.29, 0.717) is 11.6 Å². The summed E-state index contributed by atoms with van der Waals surface area (Å²) in [6.07, 6.45) is 4.67. The molecule has 0 spiro atoms. The maximum Gasteiger partial charge on any atom is 0.141 e. The predicted molar refractivity (Wildman–Crippen MR) is 85.8 cm³/mol. The molecule has 1 aromatic carbocycles. The van der Waals surface area contributed by atoms with Crippen LogP contribution >= 0.6 is 0 Å². The van der Waals surface area contributed by atoms with E-state index >= 15 is 0 Å². The van der Waals surface area contributed by atoms with Crippen molar-refractivity contribution in [1.29, 1.82) is 0 Å². The third kappa shape index (κ3) is 3.86. The van der Waals surface area contributed by atoms with Crippen molar-refractivity contribution in [3.8, 4) is 5.75 Å². The monoisotopic (exact) mass is 316 g/mol. The fourth-order valence-electron chi connectivity index (χ4n) is 3.13. The van der Waals surface area contributed by atoms with E-state index in [1.807, 2.05) is 12.1 Å². The molecule has 2 N–H and O–H groups in total. The average molecular weight is 316 g/mol. The smallest absolute Gasteiger partial charge is 0.141 e. The molecule has 0 unspecified atom stereocenters. The molecule has 1 aromatic heterocycles. The summed E-state index contributed by atoms with van der Waals surface area (Å²) in [6, 6.07) is 9.60. The zero-order valence-electron chi connectivity index (χ0n) is 13.1. The summed E-state index contributed by atoms with van der Waals surface area (Å²) < 4.78 is 18.4. The number of aromatic nitrogens is 1. The lowest BCUT2D eigenvalue weighted by molar-refractivity contribution is 0.134. The van der Waals surface area contributed by atoms with Gasteiger partial charge in [-0.3, -0.25) is 4.98 Å². The number of hydrogen-bond acceptors (Lipinski definition) is 4. The van der Waals surface area contributed by atoms with Crippen molar-refractivity contribution in [1.82, 2.24) is 10.3 Å². The van der Waals surface area contributed by atoms with Crippen LogP contribution in [-0.2, 0) is 6.42 Å². The van der Waals surface area contributed by atoms with Crippen LogP contribution in [0.3, 0.4) is 0 Å². The van der Waals surface area contributed by atoms with E-state index in [-0.39, 0.29) is 6.04 Å². The predicted octanol–water partition coefficient (Wildman–Crippen LogP) is 2.63. The lowest BCUT2D eigenvalue weighted by Gasteiger charge is -2.20. The van der Waals surface area contributed by atoms with Crippen LogP contribution < -0.4 is 10.1 Å². The molecule has 0 aliphatic carbocycles. The Morgan fingerprint density at radius 3 is 2.78 bits per heavy atom. The van der Waals surface area contributed by atoms with Crippen LogP contribution in [0, 0.1) is 5.82 Å². The number of benzene rings is 1. The minimum atomic E-state index is -0.737. The molecule has 0 amide bonds. The Balaban J connectivity index is 1.59. The molecular formula is C18H21FN2O2. The summed E-state index contributed by atoms with van der Waals surface area (Å²) in [4.78, 5) is 3.81. The molecule has 3 atom stereocenters. The zero-order chi connectivity index (χ0) is 16.2. The Hall–Kier alpha value is -1.98. The van der Waals surface area contributed by atoms with Crippen molar-refractivity contribution in [3.05, 3.63) is 59.7 Å². The standard InChI is InChI=1S/C18H21FN2O2/c1-23-16-5-2-12(3-6-16)8-15-4-7-17(21-15)18(22)13-9-14(19)11-20-10-13/h2-3,5-6,9-11,15,17-18,21-22H,4,7-8H2,1H3/t15-,17+,18-/m0/s1. The molecule has 0 radical (unpaired) electrons. The highest BCUT2D eigenvalue weighted by molar-refractivity contribution is 5.28. The van der Waals surface area contributed by atoms with Gasteiger partial charge in [-0.05, 0) is 43.0 Å². The van der Waals surface area contributed by atoms with Gasteiger partial charge in [0.05, 0.1) is 19.4 Å². The number of aliphatic hydroxyl groups is 1. The van der Waals surface area contributed by atoms with Crippen LogP contribution in [0.5, 0.6) is 5.75 Å². The van der Waals surface area contributed by atoms with Gasteiger partial charge in [0.25, 0.3) is 0 Å². The molecule has 2 aromatic rings. The number of nitrogens with one attached hydrogen (secondary N) is 1. The van der Waals surface area contributed by atoms with E-state index in [1.165, 1.54) is 17.8 Å². The maximum atomic E-state index is 13.2. The highest BCUT2D eigenvalue weighted by Crippen LogP contribution is 2.27. The minimum absolute atomic E-state index is 0.0677. The second-order valence-corrected chi connectivity index (χ2v) is 5.98. The Labute approximate surface area is 135 Å². The maximum absolute atomic E-state index is 13.2. The van der Waals surface area contributed by atoms with Crippen LogP contribution in [0.25, 0.3) is 0 Å². The van der Waals surface area contributed by atoms with Gasteiger partial charge in [0.1, 0.15) is 11.6 Å². The first-order valence-electron chi connectivity index (χ1n) is 7.83. The zero-order valence-corrected chi connectivity index (χ0v) is 13.1. The van der Waals surface area contributed by atoms with Crippen LogP contribution in [0.15, 0.2) is 42.7 Å². The van der Waals surface area contributed by atoms with Crippen molar-refractivity contribution < 1.29 is 14.2 Å². The summed E-state index contributed by atoms with van der Waals surface area (Å²) in [6.45, 7) is 0. The summed E-state index contributed by atoms with van der Waals surface area (Å²) in [5.74, 6) is 0.425. The van der Waals surface area contributed by atoms with Gasteiger partial charge in [-0.1, -0.05) is 12.1 Å². The van der Waals surface area contributed by atoms with Crippen LogP contribution in [0.2, 0.25) is 0 Å². The molecule has 4 nitrogen and oxygen atoms in total. The van der Waals surface area contributed by atoms with Gasteiger partial charge >= 0.3 is 0 Å². The van der Waals surface area contributed by atoms with Gasteiger partial charge < -0.3 is 15.2 Å². The Kier molecular flexibility index (Phi) is 4.88. The molecule has 122 valence electrons. The number of hydrogen-bond donors (Lipinski definition) is 2. The molecule has 2 heterocycles. The summed E-state index contributed by atoms with van der Waals surface area (Å²) in [5, 5.41) is 13.9. The first-order chi connectivity index (χ1) is 11.2. The molecule has 5 heteroatoms. The van der Waals surface area contributed by atoms with E-state index in [2.05, 4.69) is 22.4 Å². The normalized spacial score (nSPS) is 22.0. The van der Waals surface area contributed by atoms with Gasteiger partial charge in [-0.25, -0.2) is 4.39 Å². The number of rotatable bonds is 5. The number of nitrogens with zero attached hydrogens (tertiary/aromatic N) is 1. The second kappa shape index (κ2) is 7.06. The molecule has 23 heavy (non-hydrogen) atoms. The van der Waals surface area contributed by atoms with E-state index in [9.17, 15) is 9.50 Å². The molecule has 1 aliphatic rings. The fraction of sp³-hybridized carbons (Fsp3) is 0.389. The van der Waals surface area contributed by atoms with Gasteiger partial charge in [-0.15, -0.1) is 0 Å². The Morgan fingerprint density at radius 1 is 1.30 bits per heavy atom. The van der Waals surface area contributed by atoms with Crippen LogP contribution in [0.1, 0.15) is 30.1 Å².